The van der Waals surface area contributed by atoms with Crippen LogP contribution >= 0.6 is 23.4 Å². The molecule has 0 bridgehead atoms. The summed E-state index contributed by atoms with van der Waals surface area (Å²) in [7, 11) is 1.53. The molecule has 0 atom stereocenters. The minimum Gasteiger partial charge on any atom is -0.495 e. The van der Waals surface area contributed by atoms with Gasteiger partial charge in [0.25, 0.3) is 0 Å². The van der Waals surface area contributed by atoms with Crippen molar-refractivity contribution < 1.29 is 9.53 Å². The van der Waals surface area contributed by atoms with Crippen molar-refractivity contribution in [2.75, 3.05) is 18.2 Å². The molecule has 3 rings (SSSR count). The zero-order chi connectivity index (χ0) is 21.7. The van der Waals surface area contributed by atoms with Crippen molar-refractivity contribution in [1.82, 2.24) is 19.7 Å². The summed E-state index contributed by atoms with van der Waals surface area (Å²) in [6.07, 6.45) is 3.41. The summed E-state index contributed by atoms with van der Waals surface area (Å²) in [5.41, 5.74) is 3.28. The lowest BCUT2D eigenvalue weighted by Gasteiger charge is -2.13. The van der Waals surface area contributed by atoms with Crippen LogP contribution < -0.4 is 10.1 Å². The van der Waals surface area contributed by atoms with Crippen LogP contribution in [0.15, 0.2) is 54.0 Å². The summed E-state index contributed by atoms with van der Waals surface area (Å²) in [6, 6.07) is 7.21. The van der Waals surface area contributed by atoms with Gasteiger partial charge >= 0.3 is 0 Å². The Morgan fingerprint density at radius 2 is 2.03 bits per heavy atom. The van der Waals surface area contributed by atoms with Gasteiger partial charge in [-0.2, -0.15) is 0 Å². The van der Waals surface area contributed by atoms with Crippen molar-refractivity contribution in [2.24, 2.45) is 0 Å². The predicted octanol–water partition coefficient (Wildman–Crippen LogP) is 4.62. The molecular weight excluding hydrogens is 422 g/mol. The van der Waals surface area contributed by atoms with Crippen LogP contribution in [0.1, 0.15) is 12.5 Å². The molecule has 2 aromatic heterocycles. The number of allylic oxidation sites excluding steroid dienone is 1. The lowest BCUT2D eigenvalue weighted by molar-refractivity contribution is -0.113. The number of hydrogen-bond acceptors (Lipinski definition) is 6. The van der Waals surface area contributed by atoms with E-state index in [2.05, 4.69) is 27.1 Å². The molecule has 0 fully saturated rings. The smallest absolute Gasteiger partial charge is 0.234 e. The number of anilines is 1. The molecule has 0 spiro atoms. The molecule has 0 aliphatic rings. The molecule has 2 heterocycles. The van der Waals surface area contributed by atoms with Crippen LogP contribution in [0, 0.1) is 6.92 Å². The summed E-state index contributed by atoms with van der Waals surface area (Å²) in [5.74, 6) is 1.19. The van der Waals surface area contributed by atoms with E-state index in [1.165, 1.54) is 18.9 Å². The van der Waals surface area contributed by atoms with Gasteiger partial charge in [-0.3, -0.25) is 14.3 Å². The van der Waals surface area contributed by atoms with Crippen LogP contribution in [-0.2, 0) is 11.3 Å². The van der Waals surface area contributed by atoms with Gasteiger partial charge in [0.1, 0.15) is 5.75 Å². The number of hydrogen-bond donors (Lipinski definition) is 1. The van der Waals surface area contributed by atoms with Crippen LogP contribution in [0.2, 0.25) is 5.02 Å². The van der Waals surface area contributed by atoms with Crippen molar-refractivity contribution in [3.8, 4) is 17.1 Å². The van der Waals surface area contributed by atoms with Gasteiger partial charge in [-0.15, -0.1) is 10.2 Å². The minimum absolute atomic E-state index is 0.162. The third-order valence-electron chi connectivity index (χ3n) is 4.17. The Morgan fingerprint density at radius 1 is 1.30 bits per heavy atom. The van der Waals surface area contributed by atoms with Crippen molar-refractivity contribution in [3.05, 3.63) is 59.4 Å². The van der Waals surface area contributed by atoms with E-state index in [1.54, 1.807) is 24.5 Å². The Labute approximate surface area is 184 Å². The highest BCUT2D eigenvalue weighted by molar-refractivity contribution is 7.99. The third kappa shape index (κ3) is 5.20. The van der Waals surface area contributed by atoms with Crippen LogP contribution in [0.4, 0.5) is 5.69 Å². The Balaban J connectivity index is 1.76. The van der Waals surface area contributed by atoms with E-state index in [0.717, 1.165) is 16.7 Å². The number of methoxy groups -OCH3 is 1. The monoisotopic (exact) mass is 443 g/mol. The van der Waals surface area contributed by atoms with E-state index in [9.17, 15) is 4.79 Å². The number of amides is 1. The first-order chi connectivity index (χ1) is 14.4. The molecule has 1 amide bonds. The number of halogens is 1. The second-order valence-corrected chi connectivity index (χ2v) is 8.07. The molecule has 0 unspecified atom stereocenters. The van der Waals surface area contributed by atoms with E-state index in [-0.39, 0.29) is 11.7 Å². The summed E-state index contributed by atoms with van der Waals surface area (Å²) in [6.45, 7) is 8.35. The van der Waals surface area contributed by atoms with E-state index in [1.807, 2.05) is 30.5 Å². The Hall–Kier alpha value is -2.84. The maximum absolute atomic E-state index is 12.6. The van der Waals surface area contributed by atoms with E-state index >= 15 is 0 Å². The molecule has 0 aliphatic carbocycles. The van der Waals surface area contributed by atoms with E-state index in [4.69, 9.17) is 16.3 Å². The molecule has 9 heteroatoms. The Bertz CT molecular complexity index is 1070. The highest BCUT2D eigenvalue weighted by atomic mass is 35.5. The molecule has 30 heavy (non-hydrogen) atoms. The second-order valence-electron chi connectivity index (χ2n) is 6.72. The van der Waals surface area contributed by atoms with Gasteiger partial charge in [0, 0.05) is 35.6 Å². The third-order valence-corrected chi connectivity index (χ3v) is 5.54. The number of carbonyl (C=O) groups excluding carboxylic acids is 1. The summed E-state index contributed by atoms with van der Waals surface area (Å²) < 4.78 is 7.26. The molecular formula is C21H22ClN5O2S. The fourth-order valence-corrected chi connectivity index (χ4v) is 3.66. The van der Waals surface area contributed by atoms with Crippen molar-refractivity contribution in [3.63, 3.8) is 0 Å². The van der Waals surface area contributed by atoms with Gasteiger partial charge in [0.15, 0.2) is 11.0 Å². The zero-order valence-corrected chi connectivity index (χ0v) is 18.5. The Morgan fingerprint density at radius 3 is 2.70 bits per heavy atom. The first-order valence-corrected chi connectivity index (χ1v) is 10.5. The molecule has 1 aromatic carbocycles. The maximum Gasteiger partial charge on any atom is 0.234 e. The number of aryl methyl sites for hydroxylation is 1. The molecule has 1 N–H and O–H groups in total. The number of thioether (sulfide) groups is 1. The van der Waals surface area contributed by atoms with Crippen molar-refractivity contribution >= 4 is 35.0 Å². The number of nitrogens with one attached hydrogen (secondary N) is 1. The lowest BCUT2D eigenvalue weighted by atomic mass is 10.2. The first kappa shape index (κ1) is 21.9. The van der Waals surface area contributed by atoms with Crippen molar-refractivity contribution in [2.45, 2.75) is 25.5 Å². The topological polar surface area (TPSA) is 81.9 Å². The summed E-state index contributed by atoms with van der Waals surface area (Å²) in [5, 5.41) is 12.7. The maximum atomic E-state index is 12.6. The lowest BCUT2D eigenvalue weighted by Crippen LogP contribution is -2.15. The number of nitrogens with zero attached hydrogens (tertiary/aromatic N) is 4. The number of carbonyl (C=O) groups is 1. The number of rotatable bonds is 8. The molecule has 0 radical (unpaired) electrons. The van der Waals surface area contributed by atoms with Gasteiger partial charge in [0.2, 0.25) is 5.91 Å². The normalized spacial score (nSPS) is 10.7. The van der Waals surface area contributed by atoms with Gasteiger partial charge in [0.05, 0.1) is 18.6 Å². The van der Waals surface area contributed by atoms with Gasteiger partial charge in [-0.05, 0) is 37.6 Å². The Kier molecular flexibility index (Phi) is 7.12. The average Bonchev–Trinajstić information content (AvgIpc) is 3.11. The van der Waals surface area contributed by atoms with Gasteiger partial charge in [-0.25, -0.2) is 0 Å². The molecule has 0 saturated heterocycles. The van der Waals surface area contributed by atoms with Crippen LogP contribution in [0.25, 0.3) is 11.4 Å². The summed E-state index contributed by atoms with van der Waals surface area (Å²) in [4.78, 5) is 16.6. The average molecular weight is 444 g/mol. The molecule has 3 aromatic rings. The number of ether oxygens (including phenoxy) is 1. The van der Waals surface area contributed by atoms with Crippen LogP contribution in [-0.4, -0.2) is 38.5 Å². The fraction of sp³-hybridized carbons (Fsp3) is 0.238. The predicted molar refractivity (Wildman–Crippen MR) is 120 cm³/mol. The van der Waals surface area contributed by atoms with Gasteiger partial charge in [-0.1, -0.05) is 35.5 Å². The van der Waals surface area contributed by atoms with Gasteiger partial charge < -0.3 is 10.1 Å². The highest BCUT2D eigenvalue weighted by Crippen LogP contribution is 2.31. The van der Waals surface area contributed by atoms with E-state index < -0.39 is 0 Å². The SMILES string of the molecule is C=C(C)Cn1c(SCC(=O)Nc2cc(C)c(Cl)cc2OC)nnc1-c1ccncc1. The van der Waals surface area contributed by atoms with Crippen LogP contribution in [0.5, 0.6) is 5.75 Å². The number of pyridine rings is 1. The first-order valence-electron chi connectivity index (χ1n) is 9.13. The fourth-order valence-electron chi connectivity index (χ4n) is 2.77. The standard InChI is InChI=1S/C21H22ClN5O2S/c1-13(2)11-27-20(15-5-7-23-8-6-15)25-26-21(27)30-12-19(28)24-17-9-14(3)16(22)10-18(17)29-4/h5-10H,1,11-12H2,2-4H3,(H,24,28). The van der Waals surface area contributed by atoms with E-state index in [0.29, 0.717) is 34.0 Å². The largest absolute Gasteiger partial charge is 0.495 e. The number of aromatic nitrogens is 4. The quantitative estimate of drug-likeness (QED) is 0.404. The molecule has 0 aliphatic heterocycles. The molecule has 156 valence electrons. The summed E-state index contributed by atoms with van der Waals surface area (Å²) >= 11 is 7.43. The number of benzene rings is 1. The molecule has 0 saturated carbocycles. The second kappa shape index (κ2) is 9.77. The minimum atomic E-state index is -0.185. The van der Waals surface area contributed by atoms with Crippen molar-refractivity contribution in [1.29, 1.82) is 0 Å². The zero-order valence-electron chi connectivity index (χ0n) is 17.0. The van der Waals surface area contributed by atoms with Crippen LogP contribution in [0.3, 0.4) is 0 Å². The molecule has 7 nitrogen and oxygen atoms in total. The highest BCUT2D eigenvalue weighted by Gasteiger charge is 2.17.